The van der Waals surface area contributed by atoms with Gasteiger partial charge in [-0.1, -0.05) is 11.6 Å². The number of benzene rings is 1. The molecule has 0 fully saturated rings. The van der Waals surface area contributed by atoms with Gasteiger partial charge in [0.15, 0.2) is 11.5 Å². The molecule has 0 aliphatic carbocycles. The van der Waals surface area contributed by atoms with Crippen molar-refractivity contribution in [2.24, 2.45) is 0 Å². The summed E-state index contributed by atoms with van der Waals surface area (Å²) in [5, 5.41) is 18.4. The first-order chi connectivity index (χ1) is 6.70. The summed E-state index contributed by atoms with van der Waals surface area (Å²) in [5.41, 5.74) is 0.156. The molecule has 0 saturated heterocycles. The molecule has 0 bridgehead atoms. The van der Waals surface area contributed by atoms with Crippen molar-refractivity contribution in [2.75, 3.05) is 13.2 Å². The van der Waals surface area contributed by atoms with Crippen molar-refractivity contribution in [3.05, 3.63) is 17.2 Å². The van der Waals surface area contributed by atoms with Crippen LogP contribution in [0, 0.1) is 0 Å². The molecule has 1 aliphatic heterocycles. The van der Waals surface area contributed by atoms with E-state index in [0.29, 0.717) is 24.7 Å². The molecular formula is C8H8BClO4. The molecule has 0 unspecified atom stereocenters. The van der Waals surface area contributed by atoms with Gasteiger partial charge in [-0.25, -0.2) is 0 Å². The Balaban J connectivity index is 2.55. The number of rotatable bonds is 1. The van der Waals surface area contributed by atoms with Crippen molar-refractivity contribution in [3.8, 4) is 11.5 Å². The lowest BCUT2D eigenvalue weighted by atomic mass is 9.79. The van der Waals surface area contributed by atoms with Gasteiger partial charge in [0.1, 0.15) is 13.2 Å². The van der Waals surface area contributed by atoms with E-state index < -0.39 is 7.12 Å². The standard InChI is InChI=1S/C8H8BClO4/c10-5-1-2-6-8(7(5)9(11)12)14-4-3-13-6/h1-2,11-12H,3-4H2. The Morgan fingerprint density at radius 3 is 2.64 bits per heavy atom. The highest BCUT2D eigenvalue weighted by Gasteiger charge is 2.26. The van der Waals surface area contributed by atoms with E-state index in [2.05, 4.69) is 0 Å². The molecule has 0 amide bonds. The molecule has 1 heterocycles. The predicted molar refractivity (Wildman–Crippen MR) is 52.3 cm³/mol. The van der Waals surface area contributed by atoms with Crippen LogP contribution in [-0.2, 0) is 0 Å². The van der Waals surface area contributed by atoms with Crippen LogP contribution < -0.4 is 14.9 Å². The SMILES string of the molecule is OB(O)c1c(Cl)ccc2c1OCCO2. The van der Waals surface area contributed by atoms with E-state index in [-0.39, 0.29) is 10.5 Å². The summed E-state index contributed by atoms with van der Waals surface area (Å²) in [7, 11) is -1.65. The fourth-order valence-electron chi connectivity index (χ4n) is 1.35. The summed E-state index contributed by atoms with van der Waals surface area (Å²) in [6.07, 6.45) is 0. The highest BCUT2D eigenvalue weighted by molar-refractivity contribution is 6.64. The largest absolute Gasteiger partial charge is 0.493 e. The predicted octanol–water partition coefficient (Wildman–Crippen LogP) is -0.209. The first-order valence-corrected chi connectivity index (χ1v) is 4.52. The summed E-state index contributed by atoms with van der Waals surface area (Å²) in [6, 6.07) is 3.19. The minimum atomic E-state index is -1.65. The number of fused-ring (bicyclic) bond motifs is 1. The fourth-order valence-corrected chi connectivity index (χ4v) is 1.60. The number of hydrogen-bond donors (Lipinski definition) is 2. The zero-order valence-electron chi connectivity index (χ0n) is 7.24. The molecule has 4 nitrogen and oxygen atoms in total. The molecule has 74 valence electrons. The fraction of sp³-hybridized carbons (Fsp3) is 0.250. The highest BCUT2D eigenvalue weighted by Crippen LogP contribution is 2.30. The average molecular weight is 214 g/mol. The normalized spacial score (nSPS) is 13.9. The van der Waals surface area contributed by atoms with Crippen LogP contribution in [0.3, 0.4) is 0 Å². The maximum atomic E-state index is 9.10. The van der Waals surface area contributed by atoms with E-state index in [1.807, 2.05) is 0 Å². The van der Waals surface area contributed by atoms with Crippen LogP contribution in [0.25, 0.3) is 0 Å². The van der Waals surface area contributed by atoms with E-state index in [4.69, 9.17) is 31.1 Å². The minimum absolute atomic E-state index is 0.156. The molecule has 0 aromatic heterocycles. The monoisotopic (exact) mass is 214 g/mol. The van der Waals surface area contributed by atoms with Gasteiger partial charge in [-0.05, 0) is 12.1 Å². The van der Waals surface area contributed by atoms with Crippen molar-refractivity contribution in [3.63, 3.8) is 0 Å². The number of halogens is 1. The molecule has 0 radical (unpaired) electrons. The Kier molecular flexibility index (Phi) is 2.54. The Morgan fingerprint density at radius 1 is 1.21 bits per heavy atom. The van der Waals surface area contributed by atoms with Crippen molar-refractivity contribution in [1.82, 2.24) is 0 Å². The van der Waals surface area contributed by atoms with Gasteiger partial charge in [0, 0.05) is 10.5 Å². The number of ether oxygens (including phenoxy) is 2. The van der Waals surface area contributed by atoms with Gasteiger partial charge in [0.2, 0.25) is 0 Å². The van der Waals surface area contributed by atoms with E-state index in [9.17, 15) is 0 Å². The summed E-state index contributed by atoms with van der Waals surface area (Å²) >= 11 is 5.80. The van der Waals surface area contributed by atoms with Crippen LogP contribution in [0.4, 0.5) is 0 Å². The van der Waals surface area contributed by atoms with Crippen LogP contribution >= 0.6 is 11.6 Å². The third-order valence-electron chi connectivity index (χ3n) is 1.95. The summed E-state index contributed by atoms with van der Waals surface area (Å²) in [6.45, 7) is 0.836. The third kappa shape index (κ3) is 1.54. The van der Waals surface area contributed by atoms with Gasteiger partial charge in [0.05, 0.1) is 0 Å². The van der Waals surface area contributed by atoms with Crippen LogP contribution in [0.5, 0.6) is 11.5 Å². The van der Waals surface area contributed by atoms with E-state index in [1.165, 1.54) is 0 Å². The van der Waals surface area contributed by atoms with Gasteiger partial charge in [0.25, 0.3) is 0 Å². The maximum Gasteiger partial charge on any atom is 0.493 e. The quantitative estimate of drug-likeness (QED) is 0.635. The number of hydrogen-bond acceptors (Lipinski definition) is 4. The highest BCUT2D eigenvalue weighted by atomic mass is 35.5. The molecule has 1 aromatic rings. The van der Waals surface area contributed by atoms with Gasteiger partial charge < -0.3 is 19.5 Å². The Bertz CT molecular complexity index is 355. The lowest BCUT2D eigenvalue weighted by Gasteiger charge is -2.21. The van der Waals surface area contributed by atoms with Crippen molar-refractivity contribution in [2.45, 2.75) is 0 Å². The average Bonchev–Trinajstić information content (AvgIpc) is 2.17. The smallest absolute Gasteiger partial charge is 0.486 e. The van der Waals surface area contributed by atoms with E-state index in [0.717, 1.165) is 0 Å². The topological polar surface area (TPSA) is 58.9 Å². The van der Waals surface area contributed by atoms with Gasteiger partial charge >= 0.3 is 7.12 Å². The molecule has 0 saturated carbocycles. The molecule has 1 aliphatic rings. The molecule has 2 N–H and O–H groups in total. The van der Waals surface area contributed by atoms with Crippen LogP contribution in [0.2, 0.25) is 5.02 Å². The summed E-state index contributed by atoms with van der Waals surface area (Å²) in [4.78, 5) is 0. The van der Waals surface area contributed by atoms with Crippen molar-refractivity contribution in [1.29, 1.82) is 0 Å². The van der Waals surface area contributed by atoms with E-state index >= 15 is 0 Å². The minimum Gasteiger partial charge on any atom is -0.486 e. The zero-order chi connectivity index (χ0) is 10.1. The molecule has 14 heavy (non-hydrogen) atoms. The maximum absolute atomic E-state index is 9.10. The van der Waals surface area contributed by atoms with Gasteiger partial charge in [-0.3, -0.25) is 0 Å². The molecular weight excluding hydrogens is 206 g/mol. The second-order valence-corrected chi connectivity index (χ2v) is 3.27. The zero-order valence-corrected chi connectivity index (χ0v) is 7.99. The van der Waals surface area contributed by atoms with Crippen LogP contribution in [0.1, 0.15) is 0 Å². The lowest BCUT2D eigenvalue weighted by Crippen LogP contribution is -2.34. The Morgan fingerprint density at radius 2 is 1.93 bits per heavy atom. The van der Waals surface area contributed by atoms with Crippen molar-refractivity contribution < 1.29 is 19.5 Å². The molecule has 2 rings (SSSR count). The lowest BCUT2D eigenvalue weighted by molar-refractivity contribution is 0.172. The first-order valence-electron chi connectivity index (χ1n) is 4.14. The summed E-state index contributed by atoms with van der Waals surface area (Å²) in [5.74, 6) is 0.808. The van der Waals surface area contributed by atoms with Crippen LogP contribution in [0.15, 0.2) is 12.1 Å². The van der Waals surface area contributed by atoms with Gasteiger partial charge in [-0.2, -0.15) is 0 Å². The Hall–Kier alpha value is -0.905. The second-order valence-electron chi connectivity index (χ2n) is 2.86. The molecule has 0 atom stereocenters. The van der Waals surface area contributed by atoms with Crippen molar-refractivity contribution >= 4 is 24.2 Å². The first kappa shape index (κ1) is 9.64. The Labute approximate surface area is 86.2 Å². The second kappa shape index (κ2) is 3.69. The summed E-state index contributed by atoms with van der Waals surface area (Å²) < 4.78 is 10.5. The third-order valence-corrected chi connectivity index (χ3v) is 2.28. The van der Waals surface area contributed by atoms with Gasteiger partial charge in [-0.15, -0.1) is 0 Å². The van der Waals surface area contributed by atoms with E-state index in [1.54, 1.807) is 12.1 Å². The molecule has 0 spiro atoms. The molecule has 6 heteroatoms. The molecule has 1 aromatic carbocycles. The van der Waals surface area contributed by atoms with Crippen LogP contribution in [-0.4, -0.2) is 30.4 Å².